The van der Waals surface area contributed by atoms with Gasteiger partial charge in [0.15, 0.2) is 5.78 Å². The molecule has 0 bridgehead atoms. The summed E-state index contributed by atoms with van der Waals surface area (Å²) in [5, 5.41) is 0. The lowest BCUT2D eigenvalue weighted by Gasteiger charge is -2.07. The van der Waals surface area contributed by atoms with E-state index >= 15 is 0 Å². The molecule has 20 heavy (non-hydrogen) atoms. The van der Waals surface area contributed by atoms with Crippen molar-refractivity contribution in [2.45, 2.75) is 31.9 Å². The number of halogens is 3. The molecule has 0 atom stereocenters. The number of benzene rings is 1. The number of alkyl halides is 3. The summed E-state index contributed by atoms with van der Waals surface area (Å²) in [6, 6.07) is 4.01. The fraction of sp³-hybridized carbons (Fsp3) is 0.333. The standard InChI is InChI=1S/C15H15F3O2/c1-2-3-4-13(19)9-10-14(20)11-5-7-12(8-6-11)15(16,17)18/h2,5-8H,1,3-4,9-10H2. The summed E-state index contributed by atoms with van der Waals surface area (Å²) < 4.78 is 37.1. The smallest absolute Gasteiger partial charge is 0.300 e. The second-order valence-corrected chi connectivity index (χ2v) is 4.36. The molecular weight excluding hydrogens is 269 g/mol. The fourth-order valence-electron chi connectivity index (χ4n) is 1.63. The van der Waals surface area contributed by atoms with Crippen molar-refractivity contribution in [2.24, 2.45) is 0 Å². The number of rotatable bonds is 7. The predicted molar refractivity (Wildman–Crippen MR) is 69.4 cm³/mol. The zero-order chi connectivity index (χ0) is 15.2. The van der Waals surface area contributed by atoms with E-state index in [-0.39, 0.29) is 30.0 Å². The number of allylic oxidation sites excluding steroid dienone is 1. The molecule has 0 heterocycles. The second-order valence-electron chi connectivity index (χ2n) is 4.36. The van der Waals surface area contributed by atoms with Crippen molar-refractivity contribution in [3.05, 3.63) is 48.0 Å². The molecule has 0 aliphatic carbocycles. The molecule has 2 nitrogen and oxygen atoms in total. The summed E-state index contributed by atoms with van der Waals surface area (Å²) in [7, 11) is 0. The first-order valence-electron chi connectivity index (χ1n) is 6.17. The average molecular weight is 284 g/mol. The molecule has 108 valence electrons. The third kappa shape index (κ3) is 4.99. The Kier molecular flexibility index (Phi) is 5.67. The zero-order valence-electron chi connectivity index (χ0n) is 10.9. The minimum absolute atomic E-state index is 0.0152. The van der Waals surface area contributed by atoms with Crippen LogP contribution < -0.4 is 0 Å². The van der Waals surface area contributed by atoms with Crippen LogP contribution in [0.3, 0.4) is 0 Å². The van der Waals surface area contributed by atoms with Crippen LogP contribution in [-0.4, -0.2) is 11.6 Å². The molecular formula is C15H15F3O2. The van der Waals surface area contributed by atoms with Crippen LogP contribution in [0, 0.1) is 0 Å². The van der Waals surface area contributed by atoms with Gasteiger partial charge in [0.2, 0.25) is 0 Å². The maximum absolute atomic E-state index is 12.4. The highest BCUT2D eigenvalue weighted by Crippen LogP contribution is 2.29. The zero-order valence-corrected chi connectivity index (χ0v) is 10.9. The SMILES string of the molecule is C=CCCC(=O)CCC(=O)c1ccc(C(F)(F)F)cc1. The monoisotopic (exact) mass is 284 g/mol. The molecule has 0 saturated heterocycles. The van der Waals surface area contributed by atoms with Gasteiger partial charge in [-0.1, -0.05) is 18.2 Å². The Morgan fingerprint density at radius 2 is 1.65 bits per heavy atom. The Labute approximate surface area is 115 Å². The number of Topliss-reactive ketones (excluding diaryl/α,β-unsaturated/α-hetero) is 2. The lowest BCUT2D eigenvalue weighted by Crippen LogP contribution is -2.07. The molecule has 0 aliphatic rings. The lowest BCUT2D eigenvalue weighted by atomic mass is 10.0. The molecule has 0 saturated carbocycles. The Balaban J connectivity index is 2.56. The van der Waals surface area contributed by atoms with Gasteiger partial charge in [-0.05, 0) is 18.6 Å². The molecule has 1 aromatic carbocycles. The molecule has 0 aliphatic heterocycles. The van der Waals surface area contributed by atoms with Crippen molar-refractivity contribution >= 4 is 11.6 Å². The van der Waals surface area contributed by atoms with Gasteiger partial charge in [0.25, 0.3) is 0 Å². The largest absolute Gasteiger partial charge is 0.416 e. The summed E-state index contributed by atoms with van der Waals surface area (Å²) in [5.74, 6) is -0.379. The first-order chi connectivity index (χ1) is 9.34. The van der Waals surface area contributed by atoms with Gasteiger partial charge >= 0.3 is 6.18 Å². The molecule has 0 fully saturated rings. The number of ketones is 2. The van der Waals surface area contributed by atoms with E-state index in [1.54, 1.807) is 6.08 Å². The maximum Gasteiger partial charge on any atom is 0.416 e. The van der Waals surface area contributed by atoms with E-state index < -0.39 is 11.7 Å². The van der Waals surface area contributed by atoms with Gasteiger partial charge in [-0.3, -0.25) is 9.59 Å². The van der Waals surface area contributed by atoms with Gasteiger partial charge in [0.1, 0.15) is 5.78 Å². The van der Waals surface area contributed by atoms with Gasteiger partial charge in [0.05, 0.1) is 5.56 Å². The predicted octanol–water partition coefficient (Wildman–Crippen LogP) is 4.20. The molecule has 0 unspecified atom stereocenters. The van der Waals surface area contributed by atoms with E-state index in [0.717, 1.165) is 24.3 Å². The molecule has 1 rings (SSSR count). The highest BCUT2D eigenvalue weighted by atomic mass is 19.4. The van der Waals surface area contributed by atoms with E-state index in [1.165, 1.54) is 0 Å². The summed E-state index contributed by atoms with van der Waals surface area (Å²) in [6.45, 7) is 3.49. The molecule has 1 aromatic rings. The van der Waals surface area contributed by atoms with Crippen LogP contribution in [0.5, 0.6) is 0 Å². The number of hydrogen-bond acceptors (Lipinski definition) is 2. The van der Waals surface area contributed by atoms with Crippen molar-refractivity contribution in [2.75, 3.05) is 0 Å². The van der Waals surface area contributed by atoms with E-state index in [4.69, 9.17) is 0 Å². The van der Waals surface area contributed by atoms with Crippen molar-refractivity contribution < 1.29 is 22.8 Å². The summed E-state index contributed by atoms with van der Waals surface area (Å²) in [4.78, 5) is 23.1. The molecule has 0 amide bonds. The van der Waals surface area contributed by atoms with Crippen LogP contribution in [0.1, 0.15) is 41.6 Å². The number of carbonyl (C=O) groups is 2. The highest BCUT2D eigenvalue weighted by Gasteiger charge is 2.30. The van der Waals surface area contributed by atoms with Gasteiger partial charge in [-0.2, -0.15) is 13.2 Å². The van der Waals surface area contributed by atoms with Crippen LogP contribution >= 0.6 is 0 Å². The second kappa shape index (κ2) is 7.03. The summed E-state index contributed by atoms with van der Waals surface area (Å²) in [6.07, 6.45) is -1.77. The van der Waals surface area contributed by atoms with Gasteiger partial charge in [-0.25, -0.2) is 0 Å². The summed E-state index contributed by atoms with van der Waals surface area (Å²) >= 11 is 0. The average Bonchev–Trinajstić information content (AvgIpc) is 2.41. The van der Waals surface area contributed by atoms with Crippen LogP contribution in [0.4, 0.5) is 13.2 Å². The van der Waals surface area contributed by atoms with E-state index in [0.29, 0.717) is 12.8 Å². The fourth-order valence-corrected chi connectivity index (χ4v) is 1.63. The van der Waals surface area contributed by atoms with Crippen LogP contribution in [-0.2, 0) is 11.0 Å². The van der Waals surface area contributed by atoms with Crippen LogP contribution in [0.25, 0.3) is 0 Å². The molecule has 0 aromatic heterocycles. The Morgan fingerprint density at radius 3 is 2.15 bits per heavy atom. The minimum atomic E-state index is -4.41. The quantitative estimate of drug-likeness (QED) is 0.555. The number of hydrogen-bond donors (Lipinski definition) is 0. The third-order valence-corrected chi connectivity index (χ3v) is 2.79. The van der Waals surface area contributed by atoms with Crippen LogP contribution in [0.15, 0.2) is 36.9 Å². The van der Waals surface area contributed by atoms with E-state index in [2.05, 4.69) is 6.58 Å². The van der Waals surface area contributed by atoms with Gasteiger partial charge in [0, 0.05) is 24.8 Å². The normalized spacial score (nSPS) is 11.2. The van der Waals surface area contributed by atoms with Crippen molar-refractivity contribution in [1.29, 1.82) is 0 Å². The number of carbonyl (C=O) groups excluding carboxylic acids is 2. The topological polar surface area (TPSA) is 34.1 Å². The van der Waals surface area contributed by atoms with E-state index in [9.17, 15) is 22.8 Å². The Hall–Kier alpha value is -1.91. The Morgan fingerprint density at radius 1 is 1.05 bits per heavy atom. The van der Waals surface area contributed by atoms with Gasteiger partial charge < -0.3 is 0 Å². The van der Waals surface area contributed by atoms with Crippen molar-refractivity contribution in [3.8, 4) is 0 Å². The molecule has 5 heteroatoms. The third-order valence-electron chi connectivity index (χ3n) is 2.79. The van der Waals surface area contributed by atoms with E-state index in [1.807, 2.05) is 0 Å². The maximum atomic E-state index is 12.4. The first kappa shape index (κ1) is 16.1. The van der Waals surface area contributed by atoms with Gasteiger partial charge in [-0.15, -0.1) is 6.58 Å². The van der Waals surface area contributed by atoms with Crippen molar-refractivity contribution in [1.82, 2.24) is 0 Å². The molecule has 0 radical (unpaired) electrons. The lowest BCUT2D eigenvalue weighted by molar-refractivity contribution is -0.137. The molecule has 0 N–H and O–H groups in total. The summed E-state index contributed by atoms with van der Waals surface area (Å²) in [5.41, 5.74) is -0.606. The van der Waals surface area contributed by atoms with Crippen LogP contribution in [0.2, 0.25) is 0 Å². The van der Waals surface area contributed by atoms with Crippen molar-refractivity contribution in [3.63, 3.8) is 0 Å². The minimum Gasteiger partial charge on any atom is -0.300 e. The molecule has 0 spiro atoms. The Bertz CT molecular complexity index is 487. The highest BCUT2D eigenvalue weighted by molar-refractivity contribution is 5.98. The first-order valence-corrected chi connectivity index (χ1v) is 6.17.